The quantitative estimate of drug-likeness (QED) is 0.331. The summed E-state index contributed by atoms with van der Waals surface area (Å²) in [5.74, 6) is 1.58. The standard InChI is InChI=1S/C30H29N3O2/c1-20-13-24(10-11-31-20)30-27-16-22(8-9-25(27)17-32-30)28(34)14-21-5-4-12-33(18-21)19-26-15-23-6-2-3-7-29(23)35-26/h2-3,6-11,13,15-16,21H,4-5,12,14,17-19H2,1H3/t21-/m0/s1. The molecule has 5 nitrogen and oxygen atoms in total. The van der Waals surface area contributed by atoms with Gasteiger partial charge in [0, 0.05) is 46.9 Å². The minimum atomic E-state index is 0.223. The SMILES string of the molecule is Cc1cc(C2=NCc3ccc(C(=O)C[C@@H]4CCCN(Cc5cc6ccccc6o5)C4)cc32)ccn1. The highest BCUT2D eigenvalue weighted by Crippen LogP contribution is 2.28. The molecule has 0 amide bonds. The lowest BCUT2D eigenvalue weighted by molar-refractivity contribution is 0.0908. The number of ketones is 1. The van der Waals surface area contributed by atoms with Crippen LogP contribution in [0, 0.1) is 12.8 Å². The first-order valence-electron chi connectivity index (χ1n) is 12.5. The molecule has 2 aliphatic heterocycles. The van der Waals surface area contributed by atoms with Crippen molar-refractivity contribution < 1.29 is 9.21 Å². The fourth-order valence-corrected chi connectivity index (χ4v) is 5.47. The number of rotatable bonds is 6. The number of carbonyl (C=O) groups excluding carboxylic acids is 1. The molecule has 0 radical (unpaired) electrons. The summed E-state index contributed by atoms with van der Waals surface area (Å²) in [6, 6.07) is 20.4. The summed E-state index contributed by atoms with van der Waals surface area (Å²) in [5, 5.41) is 1.15. The fraction of sp³-hybridized carbons (Fsp3) is 0.300. The van der Waals surface area contributed by atoms with Crippen molar-refractivity contribution in [2.75, 3.05) is 13.1 Å². The Morgan fingerprint density at radius 1 is 1.11 bits per heavy atom. The number of pyridine rings is 1. The second kappa shape index (κ2) is 9.23. The number of para-hydroxylation sites is 1. The van der Waals surface area contributed by atoms with Crippen LogP contribution in [-0.2, 0) is 13.1 Å². The van der Waals surface area contributed by atoms with E-state index >= 15 is 0 Å². The van der Waals surface area contributed by atoms with Crippen LogP contribution < -0.4 is 0 Å². The number of Topliss-reactive ketones (excluding diaryl/α,β-unsaturated/α-hetero) is 1. The topological polar surface area (TPSA) is 58.7 Å². The lowest BCUT2D eigenvalue weighted by Gasteiger charge is -2.31. The summed E-state index contributed by atoms with van der Waals surface area (Å²) >= 11 is 0. The van der Waals surface area contributed by atoms with E-state index in [-0.39, 0.29) is 5.78 Å². The van der Waals surface area contributed by atoms with Gasteiger partial charge in [0.25, 0.3) is 0 Å². The van der Waals surface area contributed by atoms with Crippen molar-refractivity contribution in [3.63, 3.8) is 0 Å². The largest absolute Gasteiger partial charge is 0.460 e. The summed E-state index contributed by atoms with van der Waals surface area (Å²) < 4.78 is 6.03. The molecule has 2 aromatic carbocycles. The van der Waals surface area contributed by atoms with Crippen LogP contribution in [0.3, 0.4) is 0 Å². The van der Waals surface area contributed by atoms with Crippen LogP contribution in [0.1, 0.15) is 57.8 Å². The summed E-state index contributed by atoms with van der Waals surface area (Å²) in [5.41, 5.74) is 6.99. The molecular weight excluding hydrogens is 434 g/mol. The van der Waals surface area contributed by atoms with Crippen LogP contribution in [0.15, 0.2) is 76.3 Å². The molecule has 6 rings (SSSR count). The molecule has 1 atom stereocenters. The van der Waals surface area contributed by atoms with E-state index in [0.29, 0.717) is 18.9 Å². The Balaban J connectivity index is 1.13. The molecule has 176 valence electrons. The van der Waals surface area contributed by atoms with E-state index in [9.17, 15) is 4.79 Å². The number of carbonyl (C=O) groups is 1. The normalized spacial score (nSPS) is 18.0. The summed E-state index contributed by atoms with van der Waals surface area (Å²) in [4.78, 5) is 24.8. The van der Waals surface area contributed by atoms with Gasteiger partial charge >= 0.3 is 0 Å². The van der Waals surface area contributed by atoms with Gasteiger partial charge in [0.05, 0.1) is 18.8 Å². The first-order valence-corrected chi connectivity index (χ1v) is 12.5. The number of hydrogen-bond acceptors (Lipinski definition) is 5. The highest BCUT2D eigenvalue weighted by atomic mass is 16.3. The van der Waals surface area contributed by atoms with Crippen molar-refractivity contribution in [3.8, 4) is 0 Å². The van der Waals surface area contributed by atoms with E-state index in [2.05, 4.69) is 34.1 Å². The monoisotopic (exact) mass is 463 g/mol. The van der Waals surface area contributed by atoms with Crippen molar-refractivity contribution >= 4 is 22.5 Å². The highest BCUT2D eigenvalue weighted by Gasteiger charge is 2.25. The van der Waals surface area contributed by atoms with Crippen molar-refractivity contribution in [1.29, 1.82) is 0 Å². The third-order valence-corrected chi connectivity index (χ3v) is 7.20. The molecule has 4 aromatic rings. The first kappa shape index (κ1) is 21.9. The van der Waals surface area contributed by atoms with Gasteiger partial charge in [-0.2, -0.15) is 0 Å². The average Bonchev–Trinajstić information content (AvgIpc) is 3.47. The van der Waals surface area contributed by atoms with Gasteiger partial charge in [0.1, 0.15) is 11.3 Å². The Morgan fingerprint density at radius 2 is 2.03 bits per heavy atom. The van der Waals surface area contributed by atoms with Crippen molar-refractivity contribution in [2.24, 2.45) is 10.9 Å². The van der Waals surface area contributed by atoms with Gasteiger partial charge in [-0.25, -0.2) is 0 Å². The first-order chi connectivity index (χ1) is 17.1. The van der Waals surface area contributed by atoms with E-state index in [1.165, 1.54) is 5.56 Å². The summed E-state index contributed by atoms with van der Waals surface area (Å²) in [7, 11) is 0. The Morgan fingerprint density at radius 3 is 2.91 bits per heavy atom. The highest BCUT2D eigenvalue weighted by molar-refractivity contribution is 6.16. The zero-order chi connectivity index (χ0) is 23.8. The van der Waals surface area contributed by atoms with E-state index in [4.69, 9.17) is 9.41 Å². The van der Waals surface area contributed by atoms with E-state index in [1.54, 1.807) is 0 Å². The maximum atomic E-state index is 13.3. The zero-order valence-electron chi connectivity index (χ0n) is 20.0. The molecule has 1 saturated heterocycles. The van der Waals surface area contributed by atoms with Gasteiger partial charge in [0.2, 0.25) is 0 Å². The molecule has 0 unspecified atom stereocenters. The molecule has 0 aliphatic carbocycles. The van der Waals surface area contributed by atoms with Gasteiger partial charge in [-0.1, -0.05) is 30.3 Å². The summed E-state index contributed by atoms with van der Waals surface area (Å²) in [6.45, 7) is 5.42. The lowest BCUT2D eigenvalue weighted by Crippen LogP contribution is -2.35. The number of hydrogen-bond donors (Lipinski definition) is 0. The number of fused-ring (bicyclic) bond motifs is 2. The van der Waals surface area contributed by atoms with Gasteiger partial charge in [-0.15, -0.1) is 0 Å². The molecule has 0 saturated carbocycles. The molecule has 0 spiro atoms. The molecule has 1 fully saturated rings. The van der Waals surface area contributed by atoms with Gasteiger partial charge < -0.3 is 4.42 Å². The minimum Gasteiger partial charge on any atom is -0.460 e. The Bertz CT molecular complexity index is 1400. The number of aromatic nitrogens is 1. The Labute approximate surface area is 205 Å². The molecule has 4 heterocycles. The van der Waals surface area contributed by atoms with Crippen LogP contribution in [0.2, 0.25) is 0 Å². The third kappa shape index (κ3) is 4.56. The van der Waals surface area contributed by atoms with E-state index in [1.807, 2.05) is 49.5 Å². The molecule has 35 heavy (non-hydrogen) atoms. The van der Waals surface area contributed by atoms with Gasteiger partial charge in [-0.05, 0) is 68.1 Å². The maximum absolute atomic E-state index is 13.3. The number of aryl methyl sites for hydroxylation is 1. The smallest absolute Gasteiger partial charge is 0.163 e. The van der Waals surface area contributed by atoms with Crippen LogP contribution in [0.25, 0.3) is 11.0 Å². The second-order valence-corrected chi connectivity index (χ2v) is 9.84. The van der Waals surface area contributed by atoms with E-state index < -0.39 is 0 Å². The van der Waals surface area contributed by atoms with Crippen LogP contribution in [0.4, 0.5) is 0 Å². The van der Waals surface area contributed by atoms with Crippen LogP contribution in [-0.4, -0.2) is 34.5 Å². The summed E-state index contributed by atoms with van der Waals surface area (Å²) in [6.07, 6.45) is 4.60. The number of piperidine rings is 1. The second-order valence-electron chi connectivity index (χ2n) is 9.84. The predicted molar refractivity (Wildman–Crippen MR) is 138 cm³/mol. The van der Waals surface area contributed by atoms with E-state index in [0.717, 1.165) is 77.3 Å². The molecular formula is C30H29N3O2. The fourth-order valence-electron chi connectivity index (χ4n) is 5.47. The molecule has 0 bridgehead atoms. The Hall–Kier alpha value is -3.57. The number of nitrogens with zero attached hydrogens (tertiary/aromatic N) is 3. The van der Waals surface area contributed by atoms with Crippen molar-refractivity contribution in [1.82, 2.24) is 9.88 Å². The minimum absolute atomic E-state index is 0.223. The maximum Gasteiger partial charge on any atom is 0.163 e. The molecule has 2 aromatic heterocycles. The molecule has 0 N–H and O–H groups in total. The van der Waals surface area contributed by atoms with Crippen LogP contribution in [0.5, 0.6) is 0 Å². The zero-order valence-corrected chi connectivity index (χ0v) is 20.0. The third-order valence-electron chi connectivity index (χ3n) is 7.20. The predicted octanol–water partition coefficient (Wildman–Crippen LogP) is 5.97. The molecule has 2 aliphatic rings. The van der Waals surface area contributed by atoms with Crippen molar-refractivity contribution in [2.45, 2.75) is 39.3 Å². The number of likely N-dealkylation sites (tertiary alicyclic amines) is 1. The van der Waals surface area contributed by atoms with Crippen LogP contribution >= 0.6 is 0 Å². The average molecular weight is 464 g/mol. The van der Waals surface area contributed by atoms with Crippen molar-refractivity contribution in [3.05, 3.63) is 101 Å². The Kier molecular flexibility index (Phi) is 5.78. The number of benzene rings is 2. The molecule has 5 heteroatoms. The number of aliphatic imine (C=N–C) groups is 1. The van der Waals surface area contributed by atoms with Gasteiger partial charge in [-0.3, -0.25) is 19.7 Å². The number of furan rings is 1. The lowest BCUT2D eigenvalue weighted by atomic mass is 9.89. The van der Waals surface area contributed by atoms with Gasteiger partial charge in [0.15, 0.2) is 5.78 Å².